The number of benzene rings is 2. The second kappa shape index (κ2) is 10.5. The summed E-state index contributed by atoms with van der Waals surface area (Å²) in [5.41, 5.74) is 7.39. The Balaban J connectivity index is 1.36. The van der Waals surface area contributed by atoms with Gasteiger partial charge >= 0.3 is 5.97 Å². The van der Waals surface area contributed by atoms with Gasteiger partial charge in [-0.2, -0.15) is 0 Å². The number of pyridine rings is 1. The van der Waals surface area contributed by atoms with E-state index in [2.05, 4.69) is 57.7 Å². The Morgan fingerprint density at radius 2 is 1.91 bits per heavy atom. The van der Waals surface area contributed by atoms with Crippen LogP contribution in [0.4, 0.5) is 17.1 Å². The zero-order valence-electron chi connectivity index (χ0n) is 20.2. The average Bonchev–Trinajstić information content (AvgIpc) is 3.74. The lowest BCUT2D eigenvalue weighted by atomic mass is 9.82. The van der Waals surface area contributed by atoms with E-state index in [9.17, 15) is 9.90 Å². The van der Waals surface area contributed by atoms with Gasteiger partial charge in [0.15, 0.2) is 0 Å². The summed E-state index contributed by atoms with van der Waals surface area (Å²) in [7, 11) is 1.75. The lowest BCUT2D eigenvalue weighted by Gasteiger charge is -2.30. The number of aryl methyl sites for hydroxylation is 1. The van der Waals surface area contributed by atoms with Gasteiger partial charge in [0.05, 0.1) is 24.1 Å². The van der Waals surface area contributed by atoms with Crippen molar-refractivity contribution in [3.8, 4) is 0 Å². The quantitative estimate of drug-likeness (QED) is 0.379. The molecule has 3 aromatic rings. The number of fused-ring (bicyclic) bond motifs is 1. The molecule has 1 heterocycles. The molecular formula is C29H33N3O3. The second-order valence-corrected chi connectivity index (χ2v) is 9.59. The Labute approximate surface area is 207 Å². The average molecular weight is 472 g/mol. The molecule has 2 aromatic carbocycles. The van der Waals surface area contributed by atoms with Gasteiger partial charge in [0, 0.05) is 43.7 Å². The number of carboxylic acid groups (broad SMARTS) is 1. The maximum Gasteiger partial charge on any atom is 0.337 e. The van der Waals surface area contributed by atoms with E-state index in [4.69, 9.17) is 4.74 Å². The molecule has 35 heavy (non-hydrogen) atoms. The van der Waals surface area contributed by atoms with Crippen LogP contribution in [-0.4, -0.2) is 42.9 Å². The third kappa shape index (κ3) is 5.33. The van der Waals surface area contributed by atoms with E-state index in [1.807, 2.05) is 0 Å². The number of hydrogen-bond acceptors (Lipinski definition) is 5. The number of nitrogens with zero attached hydrogens (tertiary/aromatic N) is 2. The number of anilines is 3. The largest absolute Gasteiger partial charge is 0.478 e. The van der Waals surface area contributed by atoms with E-state index in [1.165, 1.54) is 53.2 Å². The molecule has 2 aliphatic carbocycles. The first-order chi connectivity index (χ1) is 17.1. The fourth-order valence-corrected chi connectivity index (χ4v) is 5.17. The molecular weight excluding hydrogens is 438 g/mol. The van der Waals surface area contributed by atoms with Crippen molar-refractivity contribution >= 4 is 23.0 Å². The van der Waals surface area contributed by atoms with Crippen LogP contribution in [0.3, 0.4) is 0 Å². The molecule has 0 spiro atoms. The normalized spacial score (nSPS) is 17.0. The Kier molecular flexibility index (Phi) is 7.00. The number of aromatic carboxylic acids is 1. The molecule has 1 aromatic heterocycles. The maximum absolute atomic E-state index is 11.5. The van der Waals surface area contributed by atoms with Crippen molar-refractivity contribution in [1.82, 2.24) is 4.98 Å². The minimum absolute atomic E-state index is 0.257. The minimum atomic E-state index is -0.940. The molecule has 0 saturated heterocycles. The van der Waals surface area contributed by atoms with Crippen LogP contribution >= 0.6 is 0 Å². The molecule has 0 unspecified atom stereocenters. The predicted molar refractivity (Wildman–Crippen MR) is 139 cm³/mol. The van der Waals surface area contributed by atoms with E-state index >= 15 is 0 Å². The zero-order chi connectivity index (χ0) is 24.2. The van der Waals surface area contributed by atoms with E-state index in [0.29, 0.717) is 24.8 Å². The molecule has 6 heteroatoms. The Hall–Kier alpha value is -3.38. The molecule has 1 saturated carbocycles. The molecule has 0 amide bonds. The summed E-state index contributed by atoms with van der Waals surface area (Å²) >= 11 is 0. The van der Waals surface area contributed by atoms with Gasteiger partial charge in [-0.05, 0) is 85.0 Å². The summed E-state index contributed by atoms with van der Waals surface area (Å²) in [6.07, 6.45) is 9.00. The number of methoxy groups -OCH3 is 1. The molecule has 1 fully saturated rings. The molecule has 182 valence electrons. The number of aromatic nitrogens is 1. The van der Waals surface area contributed by atoms with Crippen molar-refractivity contribution in [2.75, 3.05) is 37.0 Å². The monoisotopic (exact) mass is 471 g/mol. The van der Waals surface area contributed by atoms with Gasteiger partial charge in [-0.1, -0.05) is 18.2 Å². The topological polar surface area (TPSA) is 74.7 Å². The highest BCUT2D eigenvalue weighted by Crippen LogP contribution is 2.41. The first kappa shape index (κ1) is 23.4. The van der Waals surface area contributed by atoms with Gasteiger partial charge < -0.3 is 20.1 Å². The number of nitrogens with one attached hydrogen (secondary N) is 1. The van der Waals surface area contributed by atoms with Crippen LogP contribution in [0, 0.1) is 0 Å². The first-order valence-corrected chi connectivity index (χ1v) is 12.5. The van der Waals surface area contributed by atoms with Crippen LogP contribution in [0.5, 0.6) is 0 Å². The van der Waals surface area contributed by atoms with E-state index in [0.717, 1.165) is 31.7 Å². The van der Waals surface area contributed by atoms with Gasteiger partial charge in [-0.25, -0.2) is 4.79 Å². The molecule has 1 atom stereocenters. The Morgan fingerprint density at radius 1 is 1.11 bits per heavy atom. The summed E-state index contributed by atoms with van der Waals surface area (Å²) in [6.45, 7) is 2.14. The summed E-state index contributed by atoms with van der Waals surface area (Å²) in [5, 5.41) is 12.8. The van der Waals surface area contributed by atoms with Gasteiger partial charge in [-0.15, -0.1) is 0 Å². The Morgan fingerprint density at radius 3 is 2.66 bits per heavy atom. The SMILES string of the molecule is COCCN(c1ccc(C2CC2)cc1)c1ccc2c(c1)CCC[C@H]2CNc1cnccc1C(=O)O. The van der Waals surface area contributed by atoms with Crippen molar-refractivity contribution in [3.63, 3.8) is 0 Å². The molecule has 2 aliphatic rings. The van der Waals surface area contributed by atoms with Crippen LogP contribution in [0.2, 0.25) is 0 Å². The second-order valence-electron chi connectivity index (χ2n) is 9.59. The third-order valence-corrected chi connectivity index (χ3v) is 7.24. The smallest absolute Gasteiger partial charge is 0.337 e. The number of ether oxygens (including phenoxy) is 1. The van der Waals surface area contributed by atoms with E-state index in [1.54, 1.807) is 13.3 Å². The number of rotatable bonds is 10. The Bertz CT molecular complexity index is 1170. The summed E-state index contributed by atoms with van der Waals surface area (Å²) < 4.78 is 5.42. The molecule has 0 aliphatic heterocycles. The van der Waals surface area contributed by atoms with Crippen LogP contribution in [0.15, 0.2) is 60.9 Å². The van der Waals surface area contributed by atoms with E-state index < -0.39 is 5.97 Å². The predicted octanol–water partition coefficient (Wildman–Crippen LogP) is 5.97. The fourth-order valence-electron chi connectivity index (χ4n) is 5.17. The van der Waals surface area contributed by atoms with Crippen molar-refractivity contribution in [2.45, 2.75) is 43.9 Å². The fraction of sp³-hybridized carbons (Fsp3) is 0.379. The molecule has 0 radical (unpaired) electrons. The lowest BCUT2D eigenvalue weighted by molar-refractivity contribution is 0.0697. The molecule has 2 N–H and O–H groups in total. The van der Waals surface area contributed by atoms with Crippen molar-refractivity contribution in [2.24, 2.45) is 0 Å². The van der Waals surface area contributed by atoms with Gasteiger partial charge in [0.1, 0.15) is 0 Å². The van der Waals surface area contributed by atoms with Crippen LogP contribution < -0.4 is 10.2 Å². The molecule has 5 rings (SSSR count). The molecule has 0 bridgehead atoms. The highest BCUT2D eigenvalue weighted by Gasteiger charge is 2.24. The van der Waals surface area contributed by atoms with Gasteiger partial charge in [0.2, 0.25) is 0 Å². The standard InChI is InChI=1S/C29H33N3O3/c1-35-16-15-32(24-9-7-21(8-10-24)20-5-6-20)25-11-12-26-22(17-25)3-2-4-23(26)18-31-28-19-30-14-13-27(28)29(33)34/h7-14,17,19-20,23,31H,2-6,15-16,18H2,1H3,(H,33,34)/t23-/m0/s1. The zero-order valence-corrected chi connectivity index (χ0v) is 20.2. The van der Waals surface area contributed by atoms with E-state index in [-0.39, 0.29) is 5.56 Å². The van der Waals surface area contributed by atoms with Crippen molar-refractivity contribution < 1.29 is 14.6 Å². The summed E-state index contributed by atoms with van der Waals surface area (Å²) in [4.78, 5) is 18.0. The van der Waals surface area contributed by atoms with Gasteiger partial charge in [0.25, 0.3) is 0 Å². The summed E-state index contributed by atoms with van der Waals surface area (Å²) in [5.74, 6) is 0.147. The third-order valence-electron chi connectivity index (χ3n) is 7.24. The van der Waals surface area contributed by atoms with Crippen LogP contribution in [-0.2, 0) is 11.2 Å². The van der Waals surface area contributed by atoms with Crippen LogP contribution in [0.1, 0.15) is 64.6 Å². The number of carboxylic acids is 1. The highest BCUT2D eigenvalue weighted by atomic mass is 16.5. The van der Waals surface area contributed by atoms with Crippen LogP contribution in [0.25, 0.3) is 0 Å². The van der Waals surface area contributed by atoms with Gasteiger partial charge in [-0.3, -0.25) is 4.98 Å². The maximum atomic E-state index is 11.5. The van der Waals surface area contributed by atoms with Crippen molar-refractivity contribution in [1.29, 1.82) is 0 Å². The summed E-state index contributed by atoms with van der Waals surface area (Å²) in [6, 6.07) is 17.4. The van der Waals surface area contributed by atoms with Crippen molar-refractivity contribution in [3.05, 3.63) is 83.2 Å². The molecule has 6 nitrogen and oxygen atoms in total. The first-order valence-electron chi connectivity index (χ1n) is 12.5. The number of carbonyl (C=O) groups is 1. The number of hydrogen-bond donors (Lipinski definition) is 2. The lowest BCUT2D eigenvalue weighted by Crippen LogP contribution is -2.23. The highest BCUT2D eigenvalue weighted by molar-refractivity contribution is 5.93. The minimum Gasteiger partial charge on any atom is -0.478 e.